The molecule has 4 nitrogen and oxygen atoms in total. The van der Waals surface area contributed by atoms with Gasteiger partial charge in [0.25, 0.3) is 0 Å². The number of benzene rings is 4. The fraction of sp³-hybridized carbons (Fsp3) is 0. The first-order chi connectivity index (χ1) is 17.8. The molecule has 0 atom stereocenters. The summed E-state index contributed by atoms with van der Waals surface area (Å²) in [6.07, 6.45) is 2.06. The molecule has 4 heteroatoms. The van der Waals surface area contributed by atoms with Gasteiger partial charge in [-0.3, -0.25) is 4.40 Å². The Bertz CT molecular complexity index is 2120. The average molecular weight is 462 g/mol. The molecule has 36 heavy (non-hydrogen) atoms. The molecule has 168 valence electrons. The van der Waals surface area contributed by atoms with Crippen molar-refractivity contribution in [2.45, 2.75) is 0 Å². The standard InChI is InChI=1S/C32H19N3O/c1-3-12-26-24(11-1)31-32(35-17-6-5-14-29(35)34-31)30(33-26)22-9-7-8-20(18-22)21-15-16-28-25(19-21)23-10-2-4-13-27(23)36-28/h1-19H. The van der Waals surface area contributed by atoms with Gasteiger partial charge in [-0.1, -0.05) is 66.7 Å². The first-order valence-corrected chi connectivity index (χ1v) is 12.0. The van der Waals surface area contributed by atoms with Crippen molar-refractivity contribution in [3.05, 3.63) is 115 Å². The highest BCUT2D eigenvalue weighted by molar-refractivity contribution is 6.09. The molecule has 0 bridgehead atoms. The van der Waals surface area contributed by atoms with Gasteiger partial charge in [-0.05, 0) is 53.6 Å². The van der Waals surface area contributed by atoms with Crippen LogP contribution in [0.25, 0.3) is 71.9 Å². The van der Waals surface area contributed by atoms with Crippen LogP contribution in [0.5, 0.6) is 0 Å². The van der Waals surface area contributed by atoms with Gasteiger partial charge in [0.15, 0.2) is 0 Å². The van der Waals surface area contributed by atoms with Crippen LogP contribution in [-0.2, 0) is 0 Å². The van der Waals surface area contributed by atoms with Gasteiger partial charge in [-0.25, -0.2) is 9.97 Å². The Labute approximate surface area is 206 Å². The van der Waals surface area contributed by atoms with E-state index in [1.165, 1.54) is 0 Å². The molecule has 0 saturated carbocycles. The van der Waals surface area contributed by atoms with Crippen LogP contribution in [0.2, 0.25) is 0 Å². The van der Waals surface area contributed by atoms with Crippen LogP contribution in [-0.4, -0.2) is 14.4 Å². The topological polar surface area (TPSA) is 43.3 Å². The van der Waals surface area contributed by atoms with Crippen LogP contribution in [0.1, 0.15) is 0 Å². The number of imidazole rings is 1. The summed E-state index contributed by atoms with van der Waals surface area (Å²) in [7, 11) is 0. The van der Waals surface area contributed by atoms with Crippen LogP contribution in [0, 0.1) is 0 Å². The Morgan fingerprint density at radius 3 is 2.31 bits per heavy atom. The van der Waals surface area contributed by atoms with E-state index < -0.39 is 0 Å². The number of aromatic nitrogens is 3. The van der Waals surface area contributed by atoms with E-state index in [4.69, 9.17) is 14.4 Å². The Balaban J connectivity index is 1.38. The van der Waals surface area contributed by atoms with Gasteiger partial charge in [-0.15, -0.1) is 0 Å². The smallest absolute Gasteiger partial charge is 0.137 e. The van der Waals surface area contributed by atoms with E-state index in [0.29, 0.717) is 0 Å². The Morgan fingerprint density at radius 2 is 1.33 bits per heavy atom. The second-order valence-electron chi connectivity index (χ2n) is 9.11. The van der Waals surface area contributed by atoms with E-state index in [9.17, 15) is 0 Å². The molecule has 0 aliphatic rings. The van der Waals surface area contributed by atoms with Crippen molar-refractivity contribution >= 4 is 49.5 Å². The minimum Gasteiger partial charge on any atom is -0.456 e. The molecule has 0 radical (unpaired) electrons. The maximum Gasteiger partial charge on any atom is 0.137 e. The summed E-state index contributed by atoms with van der Waals surface area (Å²) < 4.78 is 8.18. The van der Waals surface area contributed by atoms with E-state index in [1.807, 2.05) is 42.5 Å². The lowest BCUT2D eigenvalue weighted by atomic mass is 9.99. The quantitative estimate of drug-likeness (QED) is 0.260. The van der Waals surface area contributed by atoms with Gasteiger partial charge in [-0.2, -0.15) is 0 Å². The molecular formula is C32H19N3O. The number of rotatable bonds is 2. The second-order valence-corrected chi connectivity index (χ2v) is 9.11. The van der Waals surface area contributed by atoms with Gasteiger partial charge in [0, 0.05) is 27.9 Å². The molecule has 0 N–H and O–H groups in total. The molecular weight excluding hydrogens is 442 g/mol. The van der Waals surface area contributed by atoms with Crippen molar-refractivity contribution < 1.29 is 4.42 Å². The molecule has 0 aliphatic carbocycles. The van der Waals surface area contributed by atoms with E-state index in [2.05, 4.69) is 77.3 Å². The summed E-state index contributed by atoms with van der Waals surface area (Å²) in [6.45, 7) is 0. The monoisotopic (exact) mass is 461 g/mol. The number of furan rings is 1. The van der Waals surface area contributed by atoms with Crippen LogP contribution >= 0.6 is 0 Å². The van der Waals surface area contributed by atoms with Crippen molar-refractivity contribution in [2.24, 2.45) is 0 Å². The molecule has 0 fully saturated rings. The first kappa shape index (κ1) is 19.4. The highest BCUT2D eigenvalue weighted by atomic mass is 16.3. The average Bonchev–Trinajstić information content (AvgIpc) is 3.51. The maximum atomic E-state index is 6.04. The minimum absolute atomic E-state index is 0.903. The van der Waals surface area contributed by atoms with Crippen molar-refractivity contribution in [3.63, 3.8) is 0 Å². The molecule has 0 saturated heterocycles. The lowest BCUT2D eigenvalue weighted by Gasteiger charge is -2.09. The van der Waals surface area contributed by atoms with Crippen LogP contribution in [0.3, 0.4) is 0 Å². The molecule has 0 amide bonds. The normalized spacial score (nSPS) is 11.9. The van der Waals surface area contributed by atoms with Gasteiger partial charge in [0.1, 0.15) is 22.3 Å². The first-order valence-electron chi connectivity index (χ1n) is 12.0. The number of hydrogen-bond acceptors (Lipinski definition) is 3. The second kappa shape index (κ2) is 7.27. The molecule has 0 spiro atoms. The third kappa shape index (κ3) is 2.75. The predicted molar refractivity (Wildman–Crippen MR) is 146 cm³/mol. The van der Waals surface area contributed by atoms with Gasteiger partial charge >= 0.3 is 0 Å². The Hall–Kier alpha value is -4.96. The van der Waals surface area contributed by atoms with E-state index in [-0.39, 0.29) is 0 Å². The summed E-state index contributed by atoms with van der Waals surface area (Å²) in [5.41, 5.74) is 9.94. The van der Waals surface area contributed by atoms with Crippen molar-refractivity contribution in [1.29, 1.82) is 0 Å². The molecule has 4 aromatic heterocycles. The van der Waals surface area contributed by atoms with E-state index in [0.717, 1.165) is 71.9 Å². The lowest BCUT2D eigenvalue weighted by molar-refractivity contribution is 0.669. The third-order valence-corrected chi connectivity index (χ3v) is 6.99. The maximum absolute atomic E-state index is 6.04. The summed E-state index contributed by atoms with van der Waals surface area (Å²) in [5, 5.41) is 3.32. The summed E-state index contributed by atoms with van der Waals surface area (Å²) >= 11 is 0. The van der Waals surface area contributed by atoms with Crippen LogP contribution in [0.15, 0.2) is 120 Å². The predicted octanol–water partition coefficient (Wildman–Crippen LogP) is 8.27. The van der Waals surface area contributed by atoms with Crippen molar-refractivity contribution in [2.75, 3.05) is 0 Å². The summed E-state index contributed by atoms with van der Waals surface area (Å²) in [4.78, 5) is 10.1. The van der Waals surface area contributed by atoms with Crippen molar-refractivity contribution in [3.8, 4) is 22.4 Å². The van der Waals surface area contributed by atoms with Gasteiger partial charge in [0.05, 0.1) is 16.7 Å². The van der Waals surface area contributed by atoms with Crippen LogP contribution < -0.4 is 0 Å². The highest BCUT2D eigenvalue weighted by Gasteiger charge is 2.17. The molecule has 0 unspecified atom stereocenters. The molecule has 8 aromatic rings. The number of para-hydroxylation sites is 2. The molecule has 8 rings (SSSR count). The number of hydrogen-bond donors (Lipinski definition) is 0. The molecule has 4 heterocycles. The summed E-state index contributed by atoms with van der Waals surface area (Å²) in [6, 6.07) is 37.5. The third-order valence-electron chi connectivity index (χ3n) is 6.99. The highest BCUT2D eigenvalue weighted by Crippen LogP contribution is 2.36. The molecule has 4 aromatic carbocycles. The number of nitrogens with zero attached hydrogens (tertiary/aromatic N) is 3. The number of fused-ring (bicyclic) bond motifs is 8. The summed E-state index contributed by atoms with van der Waals surface area (Å²) in [5.74, 6) is 0. The zero-order valence-electron chi connectivity index (χ0n) is 19.2. The minimum atomic E-state index is 0.903. The lowest BCUT2D eigenvalue weighted by Crippen LogP contribution is -1.92. The van der Waals surface area contributed by atoms with Gasteiger partial charge in [0.2, 0.25) is 0 Å². The van der Waals surface area contributed by atoms with E-state index in [1.54, 1.807) is 0 Å². The Kier molecular flexibility index (Phi) is 3.91. The molecule has 0 aliphatic heterocycles. The zero-order valence-corrected chi connectivity index (χ0v) is 19.2. The number of pyridine rings is 2. The van der Waals surface area contributed by atoms with Crippen molar-refractivity contribution in [1.82, 2.24) is 14.4 Å². The fourth-order valence-corrected chi connectivity index (χ4v) is 5.31. The largest absolute Gasteiger partial charge is 0.456 e. The Morgan fingerprint density at radius 1 is 0.556 bits per heavy atom. The zero-order chi connectivity index (χ0) is 23.6. The fourth-order valence-electron chi connectivity index (χ4n) is 5.31. The van der Waals surface area contributed by atoms with Crippen LogP contribution in [0.4, 0.5) is 0 Å². The SMILES string of the molecule is c1cc(-c2ccc3oc4ccccc4c3c2)cc(-c2nc3ccccc3c3nc4ccccn4c23)c1. The van der Waals surface area contributed by atoms with E-state index >= 15 is 0 Å². The van der Waals surface area contributed by atoms with Gasteiger partial charge < -0.3 is 4.42 Å².